The molecule has 2 aliphatic heterocycles. The van der Waals surface area contributed by atoms with Crippen LogP contribution in [0.1, 0.15) is 6.42 Å². The van der Waals surface area contributed by atoms with Crippen LogP contribution < -0.4 is 15.4 Å². The zero-order chi connectivity index (χ0) is 18.8. The van der Waals surface area contributed by atoms with Gasteiger partial charge in [-0.05, 0) is 18.2 Å². The smallest absolute Gasteiger partial charge is 0.410 e. The lowest BCUT2D eigenvalue weighted by Gasteiger charge is -2.16. The van der Waals surface area contributed by atoms with Crippen molar-refractivity contribution in [2.75, 3.05) is 23.8 Å². The fraction of sp³-hybridized carbons (Fsp3) is 0.278. The summed E-state index contributed by atoms with van der Waals surface area (Å²) in [7, 11) is 0. The normalized spacial score (nSPS) is 20.8. The van der Waals surface area contributed by atoms with E-state index in [1.165, 1.54) is 24.4 Å². The second-order valence-corrected chi connectivity index (χ2v) is 6.36. The van der Waals surface area contributed by atoms with Gasteiger partial charge in [0.2, 0.25) is 0 Å². The molecule has 3 amide bonds. The van der Waals surface area contributed by atoms with E-state index < -0.39 is 11.8 Å². The number of halogens is 1. The fourth-order valence-electron chi connectivity index (χ4n) is 3.22. The van der Waals surface area contributed by atoms with Gasteiger partial charge >= 0.3 is 12.1 Å². The minimum atomic E-state index is -0.540. The third kappa shape index (κ3) is 3.91. The number of carbonyl (C=O) groups excluding carboxylic acids is 2. The van der Waals surface area contributed by atoms with Crippen LogP contribution in [-0.2, 0) is 4.74 Å². The van der Waals surface area contributed by atoms with E-state index in [2.05, 4.69) is 15.6 Å². The van der Waals surface area contributed by atoms with Crippen molar-refractivity contribution in [3.63, 3.8) is 0 Å². The number of cyclic esters (lactones) is 1. The summed E-state index contributed by atoms with van der Waals surface area (Å²) in [5.74, 6) is -0.256. The third-order valence-electron chi connectivity index (χ3n) is 4.36. The van der Waals surface area contributed by atoms with Crippen LogP contribution in [0.5, 0.6) is 5.75 Å². The van der Waals surface area contributed by atoms with Crippen LogP contribution in [0.4, 0.5) is 25.4 Å². The minimum absolute atomic E-state index is 0.00101. The maximum absolute atomic E-state index is 13.9. The number of nitrogens with zero attached hydrogens (tertiary/aromatic N) is 2. The first-order valence-corrected chi connectivity index (χ1v) is 8.45. The molecule has 8 nitrogen and oxygen atoms in total. The van der Waals surface area contributed by atoms with E-state index in [1.54, 1.807) is 23.2 Å². The van der Waals surface area contributed by atoms with Crippen LogP contribution in [0.3, 0.4) is 0 Å². The van der Waals surface area contributed by atoms with Crippen molar-refractivity contribution in [3.8, 4) is 5.75 Å². The average molecular weight is 372 g/mol. The summed E-state index contributed by atoms with van der Waals surface area (Å²) in [6, 6.07) is 6.82. The molecule has 1 unspecified atom stereocenters. The van der Waals surface area contributed by atoms with Crippen LogP contribution in [0.15, 0.2) is 42.7 Å². The number of amides is 3. The van der Waals surface area contributed by atoms with Crippen molar-refractivity contribution in [2.24, 2.45) is 0 Å². The van der Waals surface area contributed by atoms with Crippen LogP contribution >= 0.6 is 0 Å². The zero-order valence-corrected chi connectivity index (χ0v) is 14.2. The van der Waals surface area contributed by atoms with Gasteiger partial charge in [-0.2, -0.15) is 0 Å². The number of benzene rings is 1. The van der Waals surface area contributed by atoms with E-state index in [4.69, 9.17) is 9.47 Å². The van der Waals surface area contributed by atoms with Crippen molar-refractivity contribution in [2.45, 2.75) is 18.6 Å². The first-order chi connectivity index (χ1) is 13.1. The highest BCUT2D eigenvalue weighted by atomic mass is 19.1. The molecule has 2 atom stereocenters. The molecule has 0 spiro atoms. The lowest BCUT2D eigenvalue weighted by Crippen LogP contribution is -2.29. The maximum Gasteiger partial charge on any atom is 0.410 e. The van der Waals surface area contributed by atoms with Crippen LogP contribution in [0.2, 0.25) is 0 Å². The van der Waals surface area contributed by atoms with Crippen molar-refractivity contribution >= 4 is 23.5 Å². The highest BCUT2D eigenvalue weighted by Gasteiger charge is 2.42. The molecule has 0 radical (unpaired) electrons. The predicted octanol–water partition coefficient (Wildman–Crippen LogP) is 2.84. The molecule has 2 aliphatic rings. The summed E-state index contributed by atoms with van der Waals surface area (Å²) in [5, 5.41) is 5.16. The summed E-state index contributed by atoms with van der Waals surface area (Å²) in [5.41, 5.74) is 0.769. The van der Waals surface area contributed by atoms with Gasteiger partial charge < -0.3 is 20.1 Å². The minimum Gasteiger partial charge on any atom is -0.488 e. The monoisotopic (exact) mass is 372 g/mol. The van der Waals surface area contributed by atoms with Crippen molar-refractivity contribution in [3.05, 3.63) is 48.5 Å². The molecular formula is C18H17FN4O4. The lowest BCUT2D eigenvalue weighted by molar-refractivity contribution is 0.143. The number of urea groups is 1. The van der Waals surface area contributed by atoms with Crippen LogP contribution in [-0.4, -0.2) is 47.3 Å². The number of ether oxygens (including phenoxy) is 2. The van der Waals surface area contributed by atoms with Crippen molar-refractivity contribution < 1.29 is 23.5 Å². The first kappa shape index (κ1) is 17.1. The Bertz CT molecular complexity index is 864. The molecular weight excluding hydrogens is 355 g/mol. The van der Waals surface area contributed by atoms with E-state index in [0.717, 1.165) is 0 Å². The summed E-state index contributed by atoms with van der Waals surface area (Å²) in [6.07, 6.45) is 3.11. The number of anilines is 2. The van der Waals surface area contributed by atoms with Gasteiger partial charge in [0.15, 0.2) is 0 Å². The number of hydrogen-bond donors (Lipinski definition) is 2. The zero-order valence-electron chi connectivity index (χ0n) is 14.2. The highest BCUT2D eigenvalue weighted by Crippen LogP contribution is 2.29. The molecule has 2 fully saturated rings. The Morgan fingerprint density at radius 1 is 1.30 bits per heavy atom. The topological polar surface area (TPSA) is 92.8 Å². The van der Waals surface area contributed by atoms with E-state index in [1.807, 2.05) is 0 Å². The maximum atomic E-state index is 13.9. The molecule has 140 valence electrons. The molecule has 0 saturated carbocycles. The summed E-state index contributed by atoms with van der Waals surface area (Å²) < 4.78 is 24.7. The van der Waals surface area contributed by atoms with E-state index in [-0.39, 0.29) is 29.7 Å². The lowest BCUT2D eigenvalue weighted by atomic mass is 10.2. The van der Waals surface area contributed by atoms with Crippen LogP contribution in [0, 0.1) is 5.82 Å². The summed E-state index contributed by atoms with van der Waals surface area (Å²) in [4.78, 5) is 29.1. The molecule has 1 aromatic heterocycles. The molecule has 0 aliphatic carbocycles. The molecule has 3 heterocycles. The van der Waals surface area contributed by atoms with Gasteiger partial charge in [0.1, 0.15) is 24.3 Å². The van der Waals surface area contributed by atoms with Gasteiger partial charge in [0.05, 0.1) is 24.5 Å². The Balaban J connectivity index is 1.39. The molecule has 4 rings (SSSR count). The number of fused-ring (bicyclic) bond motifs is 1. The Kier molecular flexibility index (Phi) is 4.49. The number of aromatic nitrogens is 1. The van der Waals surface area contributed by atoms with E-state index in [0.29, 0.717) is 25.3 Å². The van der Waals surface area contributed by atoms with Gasteiger partial charge in [0, 0.05) is 30.4 Å². The number of pyridine rings is 1. The Morgan fingerprint density at radius 3 is 2.93 bits per heavy atom. The van der Waals surface area contributed by atoms with Gasteiger partial charge in [0.25, 0.3) is 0 Å². The Labute approximate surface area is 154 Å². The number of hydrogen-bond acceptors (Lipinski definition) is 5. The van der Waals surface area contributed by atoms with Crippen molar-refractivity contribution in [1.82, 2.24) is 9.88 Å². The largest absolute Gasteiger partial charge is 0.488 e. The second-order valence-electron chi connectivity index (χ2n) is 6.36. The van der Waals surface area contributed by atoms with Gasteiger partial charge in [-0.1, -0.05) is 0 Å². The molecule has 0 bridgehead atoms. The quantitative estimate of drug-likeness (QED) is 0.861. The summed E-state index contributed by atoms with van der Waals surface area (Å²) in [6.45, 7) is 0.743. The van der Waals surface area contributed by atoms with Gasteiger partial charge in [-0.3, -0.25) is 9.88 Å². The molecule has 27 heavy (non-hydrogen) atoms. The van der Waals surface area contributed by atoms with E-state index in [9.17, 15) is 14.0 Å². The number of carbonyl (C=O) groups is 2. The van der Waals surface area contributed by atoms with Gasteiger partial charge in [-0.15, -0.1) is 0 Å². The molecule has 1 aromatic carbocycles. The SMILES string of the molecule is O=C(Nc1cccnc1)Nc1cc(F)cc(O[C@@H]2CC3COC(=O)N3C2)c1. The van der Waals surface area contributed by atoms with E-state index >= 15 is 0 Å². The average Bonchev–Trinajstić information content (AvgIpc) is 3.16. The predicted molar refractivity (Wildman–Crippen MR) is 94.2 cm³/mol. The van der Waals surface area contributed by atoms with Crippen molar-refractivity contribution in [1.29, 1.82) is 0 Å². The fourth-order valence-corrected chi connectivity index (χ4v) is 3.22. The molecule has 9 heteroatoms. The Morgan fingerprint density at radius 2 is 2.15 bits per heavy atom. The molecule has 2 aromatic rings. The van der Waals surface area contributed by atoms with Gasteiger partial charge in [-0.25, -0.2) is 14.0 Å². The number of nitrogens with one attached hydrogen (secondary N) is 2. The molecule has 2 saturated heterocycles. The second kappa shape index (κ2) is 7.10. The number of rotatable bonds is 4. The highest BCUT2D eigenvalue weighted by molar-refractivity contribution is 5.99. The standard InChI is InChI=1S/C18H17FN4O4/c19-11-4-13(22-17(24)21-12-2-1-3-20-8-12)6-15(5-11)27-16-7-14-10-26-18(25)23(14)9-16/h1-6,8,14,16H,7,9-10H2,(H2,21,22,24)/t14?,16-/m1/s1. The first-order valence-electron chi connectivity index (χ1n) is 8.45. The third-order valence-corrected chi connectivity index (χ3v) is 4.36. The Hall–Kier alpha value is -3.36. The summed E-state index contributed by atoms with van der Waals surface area (Å²) >= 11 is 0. The van der Waals surface area contributed by atoms with Crippen LogP contribution in [0.25, 0.3) is 0 Å². The molecule has 2 N–H and O–H groups in total.